The van der Waals surface area contributed by atoms with Crippen LogP contribution in [0, 0.1) is 0 Å². The summed E-state index contributed by atoms with van der Waals surface area (Å²) in [6, 6.07) is 9.24. The van der Waals surface area contributed by atoms with Crippen molar-refractivity contribution in [3.63, 3.8) is 0 Å². The first-order valence-electron chi connectivity index (χ1n) is 8.47. The second-order valence-electron chi connectivity index (χ2n) is 6.55. The highest BCUT2D eigenvalue weighted by molar-refractivity contribution is 7.92. The Kier molecular flexibility index (Phi) is 4.74. The SMILES string of the molecule is O=C(N1CCc2ccc(S(=O)(=O)Nc3ccc4ncsc4c3)cc2C1)C(F)(F)F. The molecule has 1 aliphatic heterocycles. The number of sulfonamides is 1. The van der Waals surface area contributed by atoms with E-state index in [0.717, 1.165) is 15.8 Å². The highest BCUT2D eigenvalue weighted by Gasteiger charge is 2.43. The van der Waals surface area contributed by atoms with E-state index in [1.54, 1.807) is 29.8 Å². The molecule has 0 aliphatic carbocycles. The molecule has 4 rings (SSSR count). The lowest BCUT2D eigenvalue weighted by molar-refractivity contribution is -0.186. The topological polar surface area (TPSA) is 79.4 Å². The van der Waals surface area contributed by atoms with Crippen molar-refractivity contribution in [1.82, 2.24) is 9.88 Å². The summed E-state index contributed by atoms with van der Waals surface area (Å²) in [7, 11) is -3.96. The summed E-state index contributed by atoms with van der Waals surface area (Å²) in [5.41, 5.74) is 3.87. The second kappa shape index (κ2) is 6.99. The molecule has 0 atom stereocenters. The van der Waals surface area contributed by atoms with Gasteiger partial charge in [-0.1, -0.05) is 6.07 Å². The van der Waals surface area contributed by atoms with E-state index in [9.17, 15) is 26.4 Å². The molecule has 11 heteroatoms. The van der Waals surface area contributed by atoms with E-state index in [1.165, 1.54) is 23.5 Å². The van der Waals surface area contributed by atoms with Crippen molar-refractivity contribution in [2.75, 3.05) is 11.3 Å². The number of hydrogen-bond donors (Lipinski definition) is 1. The quantitative estimate of drug-likeness (QED) is 0.674. The summed E-state index contributed by atoms with van der Waals surface area (Å²) >= 11 is 1.37. The van der Waals surface area contributed by atoms with Gasteiger partial charge in [0.1, 0.15) is 0 Å². The molecule has 29 heavy (non-hydrogen) atoms. The minimum atomic E-state index is -4.96. The zero-order valence-electron chi connectivity index (χ0n) is 14.7. The average Bonchev–Trinajstić information content (AvgIpc) is 3.13. The van der Waals surface area contributed by atoms with Gasteiger partial charge in [-0.25, -0.2) is 13.4 Å². The van der Waals surface area contributed by atoms with Gasteiger partial charge in [-0.3, -0.25) is 9.52 Å². The van der Waals surface area contributed by atoms with Gasteiger partial charge in [0.25, 0.3) is 10.0 Å². The highest BCUT2D eigenvalue weighted by Crippen LogP contribution is 2.28. The van der Waals surface area contributed by atoms with Crippen LogP contribution in [0.25, 0.3) is 10.2 Å². The van der Waals surface area contributed by atoms with E-state index in [0.29, 0.717) is 16.2 Å². The Bertz CT molecular complexity index is 1210. The first kappa shape index (κ1) is 19.6. The van der Waals surface area contributed by atoms with Crippen molar-refractivity contribution >= 4 is 43.2 Å². The zero-order valence-corrected chi connectivity index (χ0v) is 16.4. The van der Waals surface area contributed by atoms with Crippen LogP contribution >= 0.6 is 11.3 Å². The van der Waals surface area contributed by atoms with Crippen LogP contribution in [0.15, 0.2) is 46.8 Å². The van der Waals surface area contributed by atoms with E-state index in [-0.39, 0.29) is 24.4 Å². The Hall–Kier alpha value is -2.66. The maximum absolute atomic E-state index is 12.8. The lowest BCUT2D eigenvalue weighted by Crippen LogP contribution is -2.43. The Balaban J connectivity index is 1.60. The monoisotopic (exact) mass is 441 g/mol. The average molecular weight is 441 g/mol. The van der Waals surface area contributed by atoms with Crippen LogP contribution in [0.3, 0.4) is 0 Å². The standard InChI is InChI=1S/C18H14F3N3O3S2/c19-18(20,21)17(25)24-6-5-11-1-3-14(7-12(11)9-24)29(26,27)23-13-2-4-15-16(8-13)28-10-22-15/h1-4,7-8,10,23H,5-6,9H2. The van der Waals surface area contributed by atoms with Crippen LogP contribution < -0.4 is 4.72 Å². The van der Waals surface area contributed by atoms with Crippen LogP contribution in [0.5, 0.6) is 0 Å². The summed E-state index contributed by atoms with van der Waals surface area (Å²) in [6.07, 6.45) is -4.73. The molecule has 0 saturated heterocycles. The molecule has 3 aromatic rings. The van der Waals surface area contributed by atoms with Gasteiger partial charge in [0, 0.05) is 13.1 Å². The zero-order chi connectivity index (χ0) is 20.8. The largest absolute Gasteiger partial charge is 0.471 e. The summed E-state index contributed by atoms with van der Waals surface area (Å²) in [4.78, 5) is 16.2. The molecule has 1 amide bonds. The van der Waals surface area contributed by atoms with Crippen LogP contribution in [0.1, 0.15) is 11.1 Å². The number of benzene rings is 2. The van der Waals surface area contributed by atoms with Crippen molar-refractivity contribution in [3.8, 4) is 0 Å². The molecule has 0 radical (unpaired) electrons. The van der Waals surface area contributed by atoms with Crippen molar-refractivity contribution in [1.29, 1.82) is 0 Å². The number of hydrogen-bond acceptors (Lipinski definition) is 5. The molecule has 0 saturated carbocycles. The number of fused-ring (bicyclic) bond motifs is 2. The van der Waals surface area contributed by atoms with Gasteiger partial charge in [-0.05, 0) is 47.9 Å². The number of rotatable bonds is 3. The lowest BCUT2D eigenvalue weighted by atomic mass is 10.00. The highest BCUT2D eigenvalue weighted by atomic mass is 32.2. The first-order chi connectivity index (χ1) is 13.6. The molecule has 0 fully saturated rings. The van der Waals surface area contributed by atoms with Gasteiger partial charge < -0.3 is 4.90 Å². The molecule has 0 spiro atoms. The van der Waals surface area contributed by atoms with E-state index in [2.05, 4.69) is 9.71 Å². The Labute approximate surface area is 168 Å². The summed E-state index contributed by atoms with van der Waals surface area (Å²) in [5.74, 6) is -1.92. The van der Waals surface area contributed by atoms with Crippen LogP contribution in [-0.4, -0.2) is 36.9 Å². The number of aromatic nitrogens is 1. The smallest absolute Gasteiger partial charge is 0.330 e. The molecule has 152 valence electrons. The van der Waals surface area contributed by atoms with E-state index in [1.807, 2.05) is 0 Å². The Morgan fingerprint density at radius 3 is 2.69 bits per heavy atom. The number of carbonyl (C=O) groups excluding carboxylic acids is 1. The van der Waals surface area contributed by atoms with E-state index >= 15 is 0 Å². The number of amides is 1. The van der Waals surface area contributed by atoms with Crippen LogP contribution in [-0.2, 0) is 27.8 Å². The minimum Gasteiger partial charge on any atom is -0.330 e. The molecule has 0 unspecified atom stereocenters. The normalized spacial score (nSPS) is 14.7. The Morgan fingerprint density at radius 1 is 1.14 bits per heavy atom. The first-order valence-corrected chi connectivity index (χ1v) is 10.8. The number of carbonyl (C=O) groups is 1. The Morgan fingerprint density at radius 2 is 1.93 bits per heavy atom. The lowest BCUT2D eigenvalue weighted by Gasteiger charge is -2.29. The number of thiazole rings is 1. The van der Waals surface area contributed by atoms with E-state index < -0.39 is 22.1 Å². The van der Waals surface area contributed by atoms with Gasteiger partial charge in [-0.15, -0.1) is 11.3 Å². The predicted molar refractivity (Wildman–Crippen MR) is 102 cm³/mol. The number of alkyl halides is 3. The molecular formula is C18H14F3N3O3S2. The molecule has 1 N–H and O–H groups in total. The number of nitrogens with one attached hydrogen (secondary N) is 1. The molecule has 2 aromatic carbocycles. The summed E-state index contributed by atoms with van der Waals surface area (Å²) in [5, 5.41) is 0. The number of halogens is 3. The van der Waals surface area contributed by atoms with Gasteiger partial charge in [0.05, 0.1) is 26.3 Å². The van der Waals surface area contributed by atoms with Crippen LogP contribution in [0.4, 0.5) is 18.9 Å². The predicted octanol–water partition coefficient (Wildman–Crippen LogP) is 3.54. The second-order valence-corrected chi connectivity index (χ2v) is 9.11. The molecular weight excluding hydrogens is 427 g/mol. The van der Waals surface area contributed by atoms with Gasteiger partial charge in [0.2, 0.25) is 0 Å². The fourth-order valence-corrected chi connectivity index (χ4v) is 5.00. The van der Waals surface area contributed by atoms with Crippen molar-refractivity contribution in [2.24, 2.45) is 0 Å². The molecule has 0 bridgehead atoms. The third-order valence-electron chi connectivity index (χ3n) is 4.61. The third kappa shape index (κ3) is 3.92. The molecule has 1 aliphatic rings. The van der Waals surface area contributed by atoms with Crippen LogP contribution in [0.2, 0.25) is 0 Å². The maximum Gasteiger partial charge on any atom is 0.471 e. The van der Waals surface area contributed by atoms with Crippen molar-refractivity contribution in [3.05, 3.63) is 53.0 Å². The molecule has 1 aromatic heterocycles. The van der Waals surface area contributed by atoms with E-state index in [4.69, 9.17) is 0 Å². The fraction of sp³-hybridized carbons (Fsp3) is 0.222. The van der Waals surface area contributed by atoms with Gasteiger partial charge in [0.15, 0.2) is 0 Å². The number of anilines is 1. The maximum atomic E-state index is 12.8. The minimum absolute atomic E-state index is 0.0649. The fourth-order valence-electron chi connectivity index (χ4n) is 3.19. The third-order valence-corrected chi connectivity index (χ3v) is 6.78. The number of nitrogens with zero attached hydrogens (tertiary/aromatic N) is 2. The van der Waals surface area contributed by atoms with Gasteiger partial charge in [-0.2, -0.15) is 13.2 Å². The van der Waals surface area contributed by atoms with Crippen molar-refractivity contribution < 1.29 is 26.4 Å². The summed E-state index contributed by atoms with van der Waals surface area (Å²) in [6.45, 7) is -0.353. The van der Waals surface area contributed by atoms with Crippen molar-refractivity contribution in [2.45, 2.75) is 24.0 Å². The molecule has 6 nitrogen and oxygen atoms in total. The van der Waals surface area contributed by atoms with Gasteiger partial charge >= 0.3 is 12.1 Å². The summed E-state index contributed by atoms with van der Waals surface area (Å²) < 4.78 is 66.9. The molecule has 2 heterocycles.